The molecule has 2 rings (SSSR count). The monoisotopic (exact) mass is 236 g/mol. The van der Waals surface area contributed by atoms with Crippen LogP contribution in [0.1, 0.15) is 6.92 Å². The zero-order valence-electron chi connectivity index (χ0n) is 9.01. The van der Waals surface area contributed by atoms with Crippen LogP contribution >= 0.6 is 0 Å². The molecular formula is C11H9FN2O3. The van der Waals surface area contributed by atoms with Gasteiger partial charge >= 0.3 is 5.97 Å². The van der Waals surface area contributed by atoms with Crippen molar-refractivity contribution >= 4 is 23.2 Å². The molecule has 0 N–H and O–H groups in total. The second-order valence-electron chi connectivity index (χ2n) is 3.43. The number of carbonyl (C=O) groups is 2. The highest BCUT2D eigenvalue weighted by atomic mass is 19.1. The summed E-state index contributed by atoms with van der Waals surface area (Å²) in [4.78, 5) is 21.4. The Morgan fingerprint density at radius 3 is 3.00 bits per heavy atom. The molecular weight excluding hydrogens is 227 g/mol. The summed E-state index contributed by atoms with van der Waals surface area (Å²) in [6.07, 6.45) is 2.07. The van der Waals surface area contributed by atoms with Gasteiger partial charge in [0.15, 0.2) is 5.75 Å². The quantitative estimate of drug-likeness (QED) is 0.458. The van der Waals surface area contributed by atoms with Gasteiger partial charge < -0.3 is 9.53 Å². The molecule has 0 fully saturated rings. The topological polar surface area (TPSA) is 61.2 Å². The number of aldehydes is 1. The number of ether oxygens (including phenoxy) is 1. The highest BCUT2D eigenvalue weighted by Gasteiger charge is 2.12. The maximum Gasteiger partial charge on any atom is 0.308 e. The summed E-state index contributed by atoms with van der Waals surface area (Å²) in [7, 11) is 0. The van der Waals surface area contributed by atoms with E-state index < -0.39 is 11.8 Å². The van der Waals surface area contributed by atoms with Crippen LogP contribution in [0.4, 0.5) is 4.39 Å². The van der Waals surface area contributed by atoms with Crippen LogP contribution in [0.25, 0.3) is 10.9 Å². The molecule has 6 heteroatoms. The average molecular weight is 236 g/mol. The molecule has 1 aromatic heterocycles. The second kappa shape index (κ2) is 4.32. The minimum absolute atomic E-state index is 0.0173. The standard InChI is InChI=1S/C11H9FN2O3/c1-7(16)17-10-5-9(12)4-8-6-13-14(2-3-15)11(8)10/h3-6H,2H2,1H3. The van der Waals surface area contributed by atoms with Crippen LogP contribution in [-0.2, 0) is 16.1 Å². The van der Waals surface area contributed by atoms with Crippen molar-refractivity contribution in [3.63, 3.8) is 0 Å². The number of halogens is 1. The molecule has 0 saturated heterocycles. The van der Waals surface area contributed by atoms with E-state index >= 15 is 0 Å². The van der Waals surface area contributed by atoms with Crippen molar-refractivity contribution in [3.05, 3.63) is 24.1 Å². The lowest BCUT2D eigenvalue weighted by Gasteiger charge is -2.05. The molecule has 0 radical (unpaired) electrons. The molecule has 0 saturated carbocycles. The summed E-state index contributed by atoms with van der Waals surface area (Å²) in [6.45, 7) is 1.24. The SMILES string of the molecule is CC(=O)Oc1cc(F)cc2cnn(CC=O)c12. The number of aromatic nitrogens is 2. The fourth-order valence-electron chi connectivity index (χ4n) is 1.60. The third-order valence-electron chi connectivity index (χ3n) is 2.16. The molecule has 17 heavy (non-hydrogen) atoms. The molecule has 0 aliphatic carbocycles. The minimum atomic E-state index is -0.559. The maximum absolute atomic E-state index is 13.2. The lowest BCUT2D eigenvalue weighted by Crippen LogP contribution is -2.06. The van der Waals surface area contributed by atoms with Gasteiger partial charge in [0.05, 0.1) is 12.7 Å². The Kier molecular flexibility index (Phi) is 2.86. The van der Waals surface area contributed by atoms with Crippen LogP contribution in [0.15, 0.2) is 18.3 Å². The van der Waals surface area contributed by atoms with Crippen LogP contribution in [-0.4, -0.2) is 22.0 Å². The maximum atomic E-state index is 13.2. The van der Waals surface area contributed by atoms with Gasteiger partial charge in [0.1, 0.15) is 17.6 Å². The Morgan fingerprint density at radius 2 is 2.35 bits per heavy atom. The molecule has 0 unspecified atom stereocenters. The van der Waals surface area contributed by atoms with Crippen molar-refractivity contribution < 1.29 is 18.7 Å². The van der Waals surface area contributed by atoms with Crippen LogP contribution in [0, 0.1) is 5.82 Å². The first-order valence-corrected chi connectivity index (χ1v) is 4.89. The van der Waals surface area contributed by atoms with Crippen molar-refractivity contribution in [1.82, 2.24) is 9.78 Å². The number of carbonyl (C=O) groups excluding carboxylic acids is 2. The van der Waals surface area contributed by atoms with Gasteiger partial charge in [0.2, 0.25) is 0 Å². The van der Waals surface area contributed by atoms with E-state index in [1.807, 2.05) is 0 Å². The Labute approximate surface area is 95.8 Å². The van der Waals surface area contributed by atoms with Crippen molar-refractivity contribution in [2.75, 3.05) is 0 Å². The number of hydrogen-bond acceptors (Lipinski definition) is 4. The molecule has 88 valence electrons. The predicted octanol–water partition coefficient (Wildman–Crippen LogP) is 1.30. The molecule has 2 aromatic rings. The van der Waals surface area contributed by atoms with Crippen molar-refractivity contribution in [3.8, 4) is 5.75 Å². The van der Waals surface area contributed by atoms with E-state index in [0.29, 0.717) is 17.2 Å². The summed E-state index contributed by atoms with van der Waals surface area (Å²) in [5, 5.41) is 4.40. The van der Waals surface area contributed by atoms with E-state index in [-0.39, 0.29) is 12.3 Å². The van der Waals surface area contributed by atoms with Crippen molar-refractivity contribution in [1.29, 1.82) is 0 Å². The van der Waals surface area contributed by atoms with Gasteiger partial charge in [-0.15, -0.1) is 0 Å². The lowest BCUT2D eigenvalue weighted by molar-refractivity contribution is -0.131. The van der Waals surface area contributed by atoms with Crippen molar-refractivity contribution in [2.45, 2.75) is 13.5 Å². The van der Waals surface area contributed by atoms with E-state index in [0.717, 1.165) is 6.07 Å². The van der Waals surface area contributed by atoms with Gasteiger partial charge in [-0.05, 0) is 6.07 Å². The number of esters is 1. The number of fused-ring (bicyclic) bond motifs is 1. The third kappa shape index (κ3) is 2.15. The first-order chi connectivity index (χ1) is 8.11. The van der Waals surface area contributed by atoms with Crippen LogP contribution in [0.5, 0.6) is 5.75 Å². The van der Waals surface area contributed by atoms with Gasteiger partial charge in [-0.1, -0.05) is 0 Å². The third-order valence-corrected chi connectivity index (χ3v) is 2.16. The Hall–Kier alpha value is -2.24. The molecule has 0 spiro atoms. The normalized spacial score (nSPS) is 10.5. The summed E-state index contributed by atoms with van der Waals surface area (Å²) in [5.41, 5.74) is 0.425. The fourth-order valence-corrected chi connectivity index (χ4v) is 1.60. The minimum Gasteiger partial charge on any atom is -0.424 e. The summed E-state index contributed by atoms with van der Waals surface area (Å²) >= 11 is 0. The van der Waals surface area contributed by atoms with Gasteiger partial charge in [-0.3, -0.25) is 9.48 Å². The van der Waals surface area contributed by atoms with E-state index in [9.17, 15) is 14.0 Å². The molecule has 0 aliphatic heterocycles. The highest BCUT2D eigenvalue weighted by Crippen LogP contribution is 2.27. The van der Waals surface area contributed by atoms with Gasteiger partial charge in [0.25, 0.3) is 0 Å². The van der Waals surface area contributed by atoms with E-state index in [1.54, 1.807) is 0 Å². The first-order valence-electron chi connectivity index (χ1n) is 4.89. The summed E-state index contributed by atoms with van der Waals surface area (Å²) in [5.74, 6) is -1.03. The highest BCUT2D eigenvalue weighted by molar-refractivity contribution is 5.87. The first kappa shape index (κ1) is 11.3. The molecule has 0 amide bonds. The summed E-state index contributed by atoms with van der Waals surface area (Å²) < 4.78 is 19.5. The molecule has 5 nitrogen and oxygen atoms in total. The average Bonchev–Trinajstić information content (AvgIpc) is 2.61. The van der Waals surface area contributed by atoms with E-state index in [4.69, 9.17) is 4.74 Å². The Bertz CT molecular complexity index is 592. The molecule has 1 heterocycles. The smallest absolute Gasteiger partial charge is 0.308 e. The summed E-state index contributed by atoms with van der Waals surface area (Å²) in [6, 6.07) is 2.35. The molecule has 0 aliphatic rings. The molecule has 0 atom stereocenters. The largest absolute Gasteiger partial charge is 0.424 e. The zero-order valence-corrected chi connectivity index (χ0v) is 9.01. The van der Waals surface area contributed by atoms with Crippen molar-refractivity contribution in [2.24, 2.45) is 0 Å². The zero-order chi connectivity index (χ0) is 12.4. The number of nitrogens with zero attached hydrogens (tertiary/aromatic N) is 2. The van der Waals surface area contributed by atoms with E-state index in [2.05, 4.69) is 5.10 Å². The number of hydrogen-bond donors (Lipinski definition) is 0. The Balaban J connectivity index is 2.64. The van der Waals surface area contributed by atoms with Crippen LogP contribution in [0.3, 0.4) is 0 Å². The van der Waals surface area contributed by atoms with Gasteiger partial charge in [-0.2, -0.15) is 5.10 Å². The Morgan fingerprint density at radius 1 is 1.59 bits per heavy atom. The molecule has 0 bridgehead atoms. The lowest BCUT2D eigenvalue weighted by atomic mass is 10.2. The van der Waals surface area contributed by atoms with Gasteiger partial charge in [0, 0.05) is 18.4 Å². The fraction of sp³-hybridized carbons (Fsp3) is 0.182. The van der Waals surface area contributed by atoms with Gasteiger partial charge in [-0.25, -0.2) is 4.39 Å². The molecule has 1 aromatic carbocycles. The van der Waals surface area contributed by atoms with Crippen LogP contribution < -0.4 is 4.74 Å². The predicted molar refractivity (Wildman–Crippen MR) is 57.1 cm³/mol. The van der Waals surface area contributed by atoms with E-state index in [1.165, 1.54) is 23.9 Å². The number of benzene rings is 1. The second-order valence-corrected chi connectivity index (χ2v) is 3.43. The van der Waals surface area contributed by atoms with Crippen LogP contribution in [0.2, 0.25) is 0 Å². The number of rotatable bonds is 3.